The van der Waals surface area contributed by atoms with E-state index in [-0.39, 0.29) is 6.03 Å². The molecule has 2 amide bonds. The lowest BCUT2D eigenvalue weighted by Gasteiger charge is -2.12. The Morgan fingerprint density at radius 1 is 0.733 bits per heavy atom. The normalized spacial score (nSPS) is 10.7. The minimum atomic E-state index is -0.193. The van der Waals surface area contributed by atoms with E-state index in [0.29, 0.717) is 26.2 Å². The smallest absolute Gasteiger partial charge is 0.315 e. The maximum atomic E-state index is 12.3. The zero-order valence-corrected chi connectivity index (χ0v) is 16.6. The van der Waals surface area contributed by atoms with Gasteiger partial charge in [-0.15, -0.1) is 0 Å². The van der Waals surface area contributed by atoms with Crippen molar-refractivity contribution in [2.75, 3.05) is 0 Å². The predicted octanol–water partition coefficient (Wildman–Crippen LogP) is 3.18. The third-order valence-electron chi connectivity index (χ3n) is 4.80. The van der Waals surface area contributed by atoms with Gasteiger partial charge < -0.3 is 10.6 Å². The van der Waals surface area contributed by atoms with Crippen LogP contribution in [0.2, 0.25) is 0 Å². The lowest BCUT2D eigenvalue weighted by atomic mass is 10.1. The van der Waals surface area contributed by atoms with Crippen molar-refractivity contribution in [1.29, 1.82) is 0 Å². The van der Waals surface area contributed by atoms with Crippen LogP contribution in [0.1, 0.15) is 22.3 Å². The first-order chi connectivity index (χ1) is 14.8. The third-order valence-corrected chi connectivity index (χ3v) is 4.80. The van der Waals surface area contributed by atoms with Gasteiger partial charge in [-0.3, -0.25) is 9.36 Å². The number of hydrogen-bond acceptors (Lipinski definition) is 3. The van der Waals surface area contributed by atoms with Crippen LogP contribution in [0.3, 0.4) is 0 Å². The largest absolute Gasteiger partial charge is 0.334 e. The lowest BCUT2D eigenvalue weighted by molar-refractivity contribution is 0.240. The summed E-state index contributed by atoms with van der Waals surface area (Å²) >= 11 is 0. The van der Waals surface area contributed by atoms with Crippen molar-refractivity contribution >= 4 is 6.03 Å². The third kappa shape index (κ3) is 5.35. The molecular formula is C23H24N6O. The van der Waals surface area contributed by atoms with E-state index in [2.05, 4.69) is 39.0 Å². The Kier molecular flexibility index (Phi) is 6.19. The quantitative estimate of drug-likeness (QED) is 0.477. The predicted molar refractivity (Wildman–Crippen MR) is 115 cm³/mol. The SMILES string of the molecule is O=C(NCc1cccc(Cn2cccn2)c1)NCc1ccccc1Cn1cccn1. The van der Waals surface area contributed by atoms with Gasteiger partial charge in [-0.1, -0.05) is 48.5 Å². The van der Waals surface area contributed by atoms with Gasteiger partial charge in [-0.25, -0.2) is 4.79 Å². The Hall–Kier alpha value is -3.87. The van der Waals surface area contributed by atoms with E-state index in [1.54, 1.807) is 12.4 Å². The molecule has 0 radical (unpaired) electrons. The molecule has 152 valence electrons. The molecular weight excluding hydrogens is 376 g/mol. The lowest BCUT2D eigenvalue weighted by Crippen LogP contribution is -2.34. The van der Waals surface area contributed by atoms with E-state index < -0.39 is 0 Å². The summed E-state index contributed by atoms with van der Waals surface area (Å²) in [6, 6.07) is 19.8. The van der Waals surface area contributed by atoms with Crippen LogP contribution >= 0.6 is 0 Å². The summed E-state index contributed by atoms with van der Waals surface area (Å²) in [5.41, 5.74) is 4.40. The first-order valence-corrected chi connectivity index (χ1v) is 9.87. The highest BCUT2D eigenvalue weighted by atomic mass is 16.2. The Labute approximate surface area is 175 Å². The van der Waals surface area contributed by atoms with Gasteiger partial charge in [0.15, 0.2) is 0 Å². The van der Waals surface area contributed by atoms with E-state index in [9.17, 15) is 4.79 Å². The molecule has 4 aromatic rings. The Bertz CT molecular complexity index is 1070. The maximum Gasteiger partial charge on any atom is 0.315 e. The number of rotatable bonds is 8. The Morgan fingerprint density at radius 3 is 2.13 bits per heavy atom. The van der Waals surface area contributed by atoms with E-state index >= 15 is 0 Å². The van der Waals surface area contributed by atoms with Crippen LogP contribution in [0.5, 0.6) is 0 Å². The van der Waals surface area contributed by atoms with Gasteiger partial charge in [-0.2, -0.15) is 10.2 Å². The van der Waals surface area contributed by atoms with E-state index in [1.807, 2.05) is 64.2 Å². The molecule has 7 heteroatoms. The number of amides is 2. The molecule has 0 saturated heterocycles. The van der Waals surface area contributed by atoms with Gasteiger partial charge in [-0.05, 0) is 34.4 Å². The van der Waals surface area contributed by atoms with Gasteiger partial charge in [0.05, 0.1) is 13.1 Å². The molecule has 2 N–H and O–H groups in total. The van der Waals surface area contributed by atoms with E-state index in [1.165, 1.54) is 0 Å². The summed E-state index contributed by atoms with van der Waals surface area (Å²) in [6.45, 7) is 2.31. The zero-order valence-electron chi connectivity index (χ0n) is 16.6. The first kappa shape index (κ1) is 19.4. The van der Waals surface area contributed by atoms with Gasteiger partial charge in [0.2, 0.25) is 0 Å². The number of urea groups is 1. The van der Waals surface area contributed by atoms with E-state index in [0.717, 1.165) is 22.3 Å². The second kappa shape index (κ2) is 9.56. The van der Waals surface area contributed by atoms with Crippen LogP contribution in [0, 0.1) is 0 Å². The molecule has 0 aliphatic rings. The van der Waals surface area contributed by atoms with Crippen LogP contribution in [0.25, 0.3) is 0 Å². The first-order valence-electron chi connectivity index (χ1n) is 9.87. The van der Waals surface area contributed by atoms with Crippen molar-refractivity contribution in [3.05, 3.63) is 108 Å². The molecule has 30 heavy (non-hydrogen) atoms. The molecule has 0 spiro atoms. The van der Waals surface area contributed by atoms with Gasteiger partial charge >= 0.3 is 6.03 Å². The summed E-state index contributed by atoms with van der Waals surface area (Å²) in [7, 11) is 0. The molecule has 0 bridgehead atoms. The van der Waals surface area contributed by atoms with Gasteiger partial charge in [0.1, 0.15) is 0 Å². The summed E-state index contributed by atoms with van der Waals surface area (Å²) in [6.07, 6.45) is 7.39. The van der Waals surface area contributed by atoms with Gasteiger partial charge in [0.25, 0.3) is 0 Å². The molecule has 4 rings (SSSR count). The topological polar surface area (TPSA) is 76.8 Å². The number of carbonyl (C=O) groups is 1. The van der Waals surface area contributed by atoms with Crippen molar-refractivity contribution in [3.63, 3.8) is 0 Å². The van der Waals surface area contributed by atoms with Gasteiger partial charge in [0, 0.05) is 37.9 Å². The van der Waals surface area contributed by atoms with Crippen LogP contribution in [0.4, 0.5) is 4.79 Å². The minimum Gasteiger partial charge on any atom is -0.334 e. The number of hydrogen-bond donors (Lipinski definition) is 2. The molecule has 0 saturated carbocycles. The second-order valence-corrected chi connectivity index (χ2v) is 7.03. The fourth-order valence-corrected chi connectivity index (χ4v) is 3.29. The fraction of sp³-hybridized carbons (Fsp3) is 0.174. The summed E-state index contributed by atoms with van der Waals surface area (Å²) in [5, 5.41) is 14.4. The molecule has 0 aliphatic carbocycles. The van der Waals surface area contributed by atoms with Crippen LogP contribution in [-0.4, -0.2) is 25.6 Å². The van der Waals surface area contributed by atoms with Crippen molar-refractivity contribution in [2.45, 2.75) is 26.2 Å². The molecule has 2 aromatic heterocycles. The summed E-state index contributed by atoms with van der Waals surface area (Å²) in [4.78, 5) is 12.3. The van der Waals surface area contributed by atoms with Crippen LogP contribution in [-0.2, 0) is 26.2 Å². The number of aromatic nitrogens is 4. The summed E-state index contributed by atoms with van der Waals surface area (Å²) < 4.78 is 3.75. The average Bonchev–Trinajstić information content (AvgIpc) is 3.46. The zero-order chi connectivity index (χ0) is 20.6. The number of nitrogens with zero attached hydrogens (tertiary/aromatic N) is 4. The number of carbonyl (C=O) groups excluding carboxylic acids is 1. The average molecular weight is 400 g/mol. The van der Waals surface area contributed by atoms with E-state index in [4.69, 9.17) is 0 Å². The van der Waals surface area contributed by atoms with Crippen molar-refractivity contribution in [2.24, 2.45) is 0 Å². The van der Waals surface area contributed by atoms with Crippen LogP contribution in [0.15, 0.2) is 85.5 Å². The van der Waals surface area contributed by atoms with Crippen molar-refractivity contribution in [3.8, 4) is 0 Å². The highest BCUT2D eigenvalue weighted by Gasteiger charge is 2.06. The Balaban J connectivity index is 1.29. The van der Waals surface area contributed by atoms with Crippen molar-refractivity contribution in [1.82, 2.24) is 30.2 Å². The standard InChI is InChI=1S/C23H24N6O/c30-23(24-15-19-6-3-7-20(14-19)17-28-12-4-10-26-28)25-16-21-8-1-2-9-22(21)18-29-13-5-11-27-29/h1-14H,15-18H2,(H2,24,25,30). The maximum absolute atomic E-state index is 12.3. The minimum absolute atomic E-state index is 0.193. The molecule has 7 nitrogen and oxygen atoms in total. The second-order valence-electron chi connectivity index (χ2n) is 7.03. The molecule has 0 atom stereocenters. The van der Waals surface area contributed by atoms with Crippen LogP contribution < -0.4 is 10.6 Å². The molecule has 0 fully saturated rings. The molecule has 2 aromatic carbocycles. The number of benzene rings is 2. The monoisotopic (exact) mass is 400 g/mol. The molecule has 0 unspecified atom stereocenters. The Morgan fingerprint density at radius 2 is 1.40 bits per heavy atom. The van der Waals surface area contributed by atoms with Crippen molar-refractivity contribution < 1.29 is 4.79 Å². The molecule has 2 heterocycles. The molecule has 0 aliphatic heterocycles. The highest BCUT2D eigenvalue weighted by molar-refractivity contribution is 5.73. The fourth-order valence-electron chi connectivity index (χ4n) is 3.29. The summed E-state index contributed by atoms with van der Waals surface area (Å²) in [5.74, 6) is 0. The highest BCUT2D eigenvalue weighted by Crippen LogP contribution is 2.10. The number of nitrogens with one attached hydrogen (secondary N) is 2.